The minimum Gasteiger partial charge on any atom is -0.497 e. The summed E-state index contributed by atoms with van der Waals surface area (Å²) in [6.07, 6.45) is 1.65. The normalized spacial score (nSPS) is 11.7. The van der Waals surface area contributed by atoms with E-state index in [1.54, 1.807) is 18.0 Å². The summed E-state index contributed by atoms with van der Waals surface area (Å²) >= 11 is 1.48. The van der Waals surface area contributed by atoms with E-state index >= 15 is 0 Å². The Kier molecular flexibility index (Phi) is 5.01. The molecule has 2 aromatic heterocycles. The second kappa shape index (κ2) is 7.48. The first-order valence-corrected chi connectivity index (χ1v) is 10.4. The van der Waals surface area contributed by atoms with Crippen molar-refractivity contribution in [1.82, 2.24) is 9.55 Å². The van der Waals surface area contributed by atoms with Gasteiger partial charge in [0.15, 0.2) is 0 Å². The molecule has 2 aromatic carbocycles. The van der Waals surface area contributed by atoms with Crippen LogP contribution >= 0.6 is 11.3 Å². The summed E-state index contributed by atoms with van der Waals surface area (Å²) in [5.74, 6) is 0.813. The minimum absolute atomic E-state index is 0.000315. The van der Waals surface area contributed by atoms with Crippen molar-refractivity contribution >= 4 is 21.6 Å². The molecule has 0 saturated carbocycles. The second-order valence-corrected chi connectivity index (χ2v) is 9.23. The van der Waals surface area contributed by atoms with Crippen LogP contribution < -0.4 is 10.3 Å². The van der Waals surface area contributed by atoms with Gasteiger partial charge < -0.3 is 4.74 Å². The monoisotopic (exact) mass is 404 g/mol. The number of methoxy groups -OCH3 is 1. The fraction of sp³-hybridized carbons (Fsp3) is 0.250. The molecular weight excluding hydrogens is 380 g/mol. The Morgan fingerprint density at radius 3 is 2.34 bits per heavy atom. The molecule has 0 fully saturated rings. The van der Waals surface area contributed by atoms with Crippen LogP contribution in [0.4, 0.5) is 0 Å². The molecule has 0 aliphatic rings. The number of thiophene rings is 1. The lowest BCUT2D eigenvalue weighted by molar-refractivity contribution is 0.415. The van der Waals surface area contributed by atoms with Crippen molar-refractivity contribution in [3.8, 4) is 16.2 Å². The number of hydrogen-bond acceptors (Lipinski definition) is 4. The van der Waals surface area contributed by atoms with Crippen molar-refractivity contribution in [3.63, 3.8) is 0 Å². The topological polar surface area (TPSA) is 44.1 Å². The van der Waals surface area contributed by atoms with Gasteiger partial charge >= 0.3 is 0 Å². The van der Waals surface area contributed by atoms with Crippen LogP contribution in [0.2, 0.25) is 0 Å². The van der Waals surface area contributed by atoms with E-state index in [9.17, 15) is 4.79 Å². The summed E-state index contributed by atoms with van der Waals surface area (Å²) in [5, 5.41) is 0. The molecule has 0 atom stereocenters. The molecule has 148 valence electrons. The molecule has 0 bridgehead atoms. The minimum atomic E-state index is -0.000315. The van der Waals surface area contributed by atoms with E-state index in [-0.39, 0.29) is 11.0 Å². The Morgan fingerprint density at radius 2 is 1.72 bits per heavy atom. The maximum Gasteiger partial charge on any atom is 0.271 e. The first-order valence-electron chi connectivity index (χ1n) is 9.58. The third-order valence-electron chi connectivity index (χ3n) is 5.05. The predicted octanol–water partition coefficient (Wildman–Crippen LogP) is 5.48. The molecule has 0 unspecified atom stereocenters. The lowest BCUT2D eigenvalue weighted by atomic mass is 9.87. The quantitative estimate of drug-likeness (QED) is 0.452. The molecule has 0 saturated heterocycles. The van der Waals surface area contributed by atoms with Gasteiger partial charge in [-0.15, -0.1) is 11.3 Å². The fourth-order valence-electron chi connectivity index (χ4n) is 3.26. The molecular formula is C24H24N2O2S. The van der Waals surface area contributed by atoms with Gasteiger partial charge in [0.05, 0.1) is 25.5 Å². The largest absolute Gasteiger partial charge is 0.497 e. The van der Waals surface area contributed by atoms with Crippen LogP contribution in [0.3, 0.4) is 0 Å². The van der Waals surface area contributed by atoms with Crippen LogP contribution in [0.5, 0.6) is 5.75 Å². The highest BCUT2D eigenvalue weighted by Gasteiger charge is 2.14. The van der Waals surface area contributed by atoms with Gasteiger partial charge in [-0.3, -0.25) is 9.36 Å². The molecule has 4 aromatic rings. The van der Waals surface area contributed by atoms with Crippen molar-refractivity contribution in [2.24, 2.45) is 0 Å². The van der Waals surface area contributed by atoms with E-state index in [0.717, 1.165) is 27.3 Å². The number of rotatable bonds is 4. The van der Waals surface area contributed by atoms with Gasteiger partial charge in [0.2, 0.25) is 0 Å². The number of benzene rings is 2. The standard InChI is InChI=1S/C24H24N2O2S/c1-24(2,3)18-9-5-16(6-10-18)14-26-15-25-20-13-21(29-22(20)23(26)27)17-7-11-19(28-4)12-8-17/h5-13,15H,14H2,1-4H3. The lowest BCUT2D eigenvalue weighted by Gasteiger charge is -2.19. The zero-order valence-corrected chi connectivity index (χ0v) is 17.9. The van der Waals surface area contributed by atoms with Crippen molar-refractivity contribution < 1.29 is 4.74 Å². The highest BCUT2D eigenvalue weighted by Crippen LogP contribution is 2.31. The first-order chi connectivity index (χ1) is 13.8. The molecule has 5 heteroatoms. The second-order valence-electron chi connectivity index (χ2n) is 8.18. The summed E-state index contributed by atoms with van der Waals surface area (Å²) < 4.78 is 7.59. The Balaban J connectivity index is 1.64. The van der Waals surface area contributed by atoms with Crippen LogP contribution in [0.1, 0.15) is 31.9 Å². The van der Waals surface area contributed by atoms with Crippen LogP contribution in [0, 0.1) is 0 Å². The third kappa shape index (κ3) is 3.96. The molecule has 0 spiro atoms. The van der Waals surface area contributed by atoms with E-state index in [1.165, 1.54) is 16.9 Å². The Hall–Kier alpha value is -2.92. The van der Waals surface area contributed by atoms with E-state index in [1.807, 2.05) is 30.3 Å². The van der Waals surface area contributed by atoms with Gasteiger partial charge in [-0.2, -0.15) is 0 Å². The molecule has 4 rings (SSSR count). The Bertz CT molecular complexity index is 1200. The highest BCUT2D eigenvalue weighted by molar-refractivity contribution is 7.22. The maximum atomic E-state index is 13.0. The van der Waals surface area contributed by atoms with Gasteiger partial charge in [0, 0.05) is 4.88 Å². The van der Waals surface area contributed by atoms with E-state index in [0.29, 0.717) is 11.2 Å². The summed E-state index contributed by atoms with van der Waals surface area (Å²) in [6, 6.07) is 18.3. The van der Waals surface area contributed by atoms with Crippen LogP contribution in [0.25, 0.3) is 20.7 Å². The maximum absolute atomic E-state index is 13.0. The van der Waals surface area contributed by atoms with Crippen molar-refractivity contribution in [2.45, 2.75) is 32.7 Å². The number of hydrogen-bond donors (Lipinski definition) is 0. The lowest BCUT2D eigenvalue weighted by Crippen LogP contribution is -2.20. The molecule has 29 heavy (non-hydrogen) atoms. The van der Waals surface area contributed by atoms with Gasteiger partial charge in [0.1, 0.15) is 10.4 Å². The van der Waals surface area contributed by atoms with Crippen LogP contribution in [-0.2, 0) is 12.0 Å². The number of aromatic nitrogens is 2. The van der Waals surface area contributed by atoms with Gasteiger partial charge in [-0.25, -0.2) is 4.98 Å². The summed E-state index contributed by atoms with van der Waals surface area (Å²) in [6.45, 7) is 7.10. The third-order valence-corrected chi connectivity index (χ3v) is 6.21. The van der Waals surface area contributed by atoms with Crippen LogP contribution in [-0.4, -0.2) is 16.7 Å². The number of fused-ring (bicyclic) bond motifs is 1. The number of nitrogens with zero attached hydrogens (tertiary/aromatic N) is 2. The molecule has 0 aliphatic heterocycles. The first kappa shape index (κ1) is 19.4. The fourth-order valence-corrected chi connectivity index (χ4v) is 4.33. The average Bonchev–Trinajstić information content (AvgIpc) is 3.15. The van der Waals surface area contributed by atoms with Crippen LogP contribution in [0.15, 0.2) is 65.7 Å². The Labute approximate surface area is 174 Å². The molecule has 0 aliphatic carbocycles. The smallest absolute Gasteiger partial charge is 0.271 e. The molecule has 0 radical (unpaired) electrons. The van der Waals surface area contributed by atoms with E-state index in [4.69, 9.17) is 4.74 Å². The Morgan fingerprint density at radius 1 is 1.03 bits per heavy atom. The molecule has 0 N–H and O–H groups in total. The van der Waals surface area contributed by atoms with E-state index in [2.05, 4.69) is 50.0 Å². The van der Waals surface area contributed by atoms with Gasteiger partial charge in [0.25, 0.3) is 5.56 Å². The van der Waals surface area contributed by atoms with E-state index < -0.39 is 0 Å². The molecule has 2 heterocycles. The highest BCUT2D eigenvalue weighted by atomic mass is 32.1. The SMILES string of the molecule is COc1ccc(-c2cc3ncn(Cc4ccc(C(C)(C)C)cc4)c(=O)c3s2)cc1. The van der Waals surface area contributed by atoms with Crippen molar-refractivity contribution in [1.29, 1.82) is 0 Å². The zero-order chi connectivity index (χ0) is 20.6. The number of ether oxygens (including phenoxy) is 1. The molecule has 4 nitrogen and oxygen atoms in total. The summed E-state index contributed by atoms with van der Waals surface area (Å²) in [5.41, 5.74) is 4.28. The summed E-state index contributed by atoms with van der Waals surface area (Å²) in [4.78, 5) is 18.6. The zero-order valence-electron chi connectivity index (χ0n) is 17.1. The van der Waals surface area contributed by atoms with Gasteiger partial charge in [-0.05, 0) is 52.4 Å². The summed E-state index contributed by atoms with van der Waals surface area (Å²) in [7, 11) is 1.65. The molecule has 0 amide bonds. The predicted molar refractivity (Wildman–Crippen MR) is 120 cm³/mol. The average molecular weight is 405 g/mol. The van der Waals surface area contributed by atoms with Gasteiger partial charge in [-0.1, -0.05) is 45.0 Å². The van der Waals surface area contributed by atoms with Crippen molar-refractivity contribution in [2.75, 3.05) is 7.11 Å². The van der Waals surface area contributed by atoms with Crippen molar-refractivity contribution in [3.05, 3.63) is 82.4 Å².